The first-order valence-corrected chi connectivity index (χ1v) is 14.4. The van der Waals surface area contributed by atoms with Crippen LogP contribution in [0.15, 0.2) is 141 Å². The number of hydrogen-bond acceptors (Lipinski definition) is 4. The first-order valence-electron chi connectivity index (χ1n) is 12.9. The van der Waals surface area contributed by atoms with E-state index in [1.165, 1.54) is 12.2 Å². The average molecular weight is 630 g/mol. The summed E-state index contributed by atoms with van der Waals surface area (Å²) in [6.45, 7) is 0. The van der Waals surface area contributed by atoms with E-state index in [9.17, 15) is 9.59 Å². The Morgan fingerprint density at radius 3 is 1.33 bits per heavy atom. The number of carbonyl (C=O) groups is 2. The monoisotopic (exact) mass is 628 g/mol. The second-order valence-electron chi connectivity index (χ2n) is 9.61. The van der Waals surface area contributed by atoms with E-state index in [1.54, 1.807) is 24.6 Å². The van der Waals surface area contributed by atoms with Crippen LogP contribution < -0.4 is 10.6 Å². The van der Waals surface area contributed by atoms with E-state index in [0.29, 0.717) is 21.2 Å². The number of allylic oxidation sites excluding steroid dienone is 10. The minimum Gasteiger partial charge on any atom is -0.360 e. The Morgan fingerprint density at radius 2 is 0.905 bits per heavy atom. The molecule has 2 N–H and O–H groups in total. The largest absolute Gasteiger partial charge is 0.360 e. The van der Waals surface area contributed by atoms with E-state index < -0.39 is 0 Å². The lowest BCUT2D eigenvalue weighted by atomic mass is 9.91. The lowest BCUT2D eigenvalue weighted by molar-refractivity contribution is -0.112. The zero-order valence-corrected chi connectivity index (χ0v) is 24.7. The maximum Gasteiger partial charge on any atom is 0.205 e. The number of benzene rings is 4. The average Bonchev–Trinajstić information content (AvgIpc) is 2.98. The molecule has 0 aromatic heterocycles. The predicted octanol–water partition coefficient (Wildman–Crippen LogP) is 9.91. The van der Waals surface area contributed by atoms with Crippen LogP contribution in [0.4, 0.5) is 11.4 Å². The Kier molecular flexibility index (Phi) is 7.80. The number of Topliss-reactive ketones (excluding diaryl/α,β-unsaturated/α-hetero) is 2. The molecule has 0 saturated carbocycles. The summed E-state index contributed by atoms with van der Waals surface area (Å²) < 4.78 is 0. The number of rotatable bonds is 5. The second-order valence-corrected chi connectivity index (χ2v) is 11.3. The third-order valence-electron chi connectivity index (χ3n) is 6.95. The molecule has 0 bridgehead atoms. The van der Waals surface area contributed by atoms with Crippen molar-refractivity contribution in [3.63, 3.8) is 0 Å². The molecule has 0 spiro atoms. The van der Waals surface area contributed by atoms with Crippen LogP contribution in [0, 0.1) is 0 Å². The highest BCUT2D eigenvalue weighted by molar-refractivity contribution is 6.48. The fraction of sp³-hybridized carbons (Fsp3) is 0. The number of halogens is 4. The molecule has 0 fully saturated rings. The highest BCUT2D eigenvalue weighted by Crippen LogP contribution is 2.44. The third kappa shape index (κ3) is 5.42. The number of nitrogens with one attached hydrogen (secondary N) is 2. The molecule has 4 aromatic rings. The second kappa shape index (κ2) is 11.7. The highest BCUT2D eigenvalue weighted by Gasteiger charge is 2.21. The molecule has 2 aliphatic rings. The Bertz CT molecular complexity index is 1870. The minimum atomic E-state index is -0.327. The SMILES string of the molecule is O=C1C(Cl)=CC(Cl)=C/C1=C\Nc1ccc2ccccc2c1-c1c(N/C=C2\C=C(Cl)C=C(Cl)C2=O)ccc2ccccc12. The summed E-state index contributed by atoms with van der Waals surface area (Å²) in [7, 11) is 0. The van der Waals surface area contributed by atoms with E-state index in [2.05, 4.69) is 10.6 Å². The maximum atomic E-state index is 12.7. The molecule has 4 nitrogen and oxygen atoms in total. The molecule has 0 unspecified atom stereocenters. The predicted molar refractivity (Wildman–Crippen MR) is 176 cm³/mol. The van der Waals surface area contributed by atoms with E-state index >= 15 is 0 Å². The molecule has 8 heteroatoms. The van der Waals surface area contributed by atoms with Gasteiger partial charge in [-0.15, -0.1) is 0 Å². The quantitative estimate of drug-likeness (QED) is 0.216. The first-order chi connectivity index (χ1) is 20.3. The molecular formula is C34H20Cl4N2O2. The molecule has 42 heavy (non-hydrogen) atoms. The lowest BCUT2D eigenvalue weighted by Crippen LogP contribution is -2.08. The lowest BCUT2D eigenvalue weighted by Gasteiger charge is -2.20. The van der Waals surface area contributed by atoms with Gasteiger partial charge in [0.25, 0.3) is 0 Å². The van der Waals surface area contributed by atoms with Gasteiger partial charge in [0.1, 0.15) is 0 Å². The maximum absolute atomic E-state index is 12.7. The molecule has 0 amide bonds. The van der Waals surface area contributed by atoms with Gasteiger partial charge in [0.2, 0.25) is 11.6 Å². The molecule has 6 rings (SSSR count). The van der Waals surface area contributed by atoms with Crippen molar-refractivity contribution >= 4 is 90.9 Å². The summed E-state index contributed by atoms with van der Waals surface area (Å²) >= 11 is 24.6. The van der Waals surface area contributed by atoms with Gasteiger partial charge in [-0.25, -0.2) is 0 Å². The molecule has 206 valence electrons. The topological polar surface area (TPSA) is 58.2 Å². The fourth-order valence-electron chi connectivity index (χ4n) is 5.01. The Morgan fingerprint density at radius 1 is 0.500 bits per heavy atom. The zero-order chi connectivity index (χ0) is 29.4. The van der Waals surface area contributed by atoms with Crippen LogP contribution in [-0.4, -0.2) is 11.6 Å². The highest BCUT2D eigenvalue weighted by atomic mass is 35.5. The number of ketones is 2. The Labute approximate surface area is 261 Å². The summed E-state index contributed by atoms with van der Waals surface area (Å²) in [6.07, 6.45) is 9.20. The first kappa shape index (κ1) is 28.1. The third-order valence-corrected chi connectivity index (χ3v) is 7.95. The van der Waals surface area contributed by atoms with Gasteiger partial charge in [-0.2, -0.15) is 0 Å². The minimum absolute atomic E-state index is 0.0456. The van der Waals surface area contributed by atoms with Crippen LogP contribution >= 0.6 is 46.4 Å². The Balaban J connectivity index is 1.56. The zero-order valence-electron chi connectivity index (χ0n) is 21.7. The van der Waals surface area contributed by atoms with Crippen LogP contribution in [0.1, 0.15) is 0 Å². The number of fused-ring (bicyclic) bond motifs is 2. The van der Waals surface area contributed by atoms with Crippen LogP contribution in [-0.2, 0) is 9.59 Å². The van der Waals surface area contributed by atoms with Gasteiger partial charge in [-0.05, 0) is 58.0 Å². The number of carbonyl (C=O) groups excluding carboxylic acids is 2. The summed E-state index contributed by atoms with van der Waals surface area (Å²) in [5.74, 6) is -0.654. The van der Waals surface area contributed by atoms with Crippen molar-refractivity contribution in [2.75, 3.05) is 10.6 Å². The van der Waals surface area contributed by atoms with Gasteiger partial charge in [0.15, 0.2) is 0 Å². The number of hydrogen-bond donors (Lipinski definition) is 2. The van der Waals surface area contributed by atoms with Gasteiger partial charge in [0.05, 0.1) is 10.1 Å². The van der Waals surface area contributed by atoms with Crippen molar-refractivity contribution < 1.29 is 9.59 Å². The smallest absolute Gasteiger partial charge is 0.205 e. The van der Waals surface area contributed by atoms with Crippen molar-refractivity contribution in [1.82, 2.24) is 0 Å². The molecule has 0 saturated heterocycles. The molecule has 0 aliphatic heterocycles. The van der Waals surface area contributed by atoms with E-state index in [1.807, 2.05) is 72.8 Å². The molecule has 4 aromatic carbocycles. The van der Waals surface area contributed by atoms with Gasteiger partial charge < -0.3 is 10.6 Å². The van der Waals surface area contributed by atoms with Crippen molar-refractivity contribution in [1.29, 1.82) is 0 Å². The fourth-order valence-corrected chi connectivity index (χ4v) is 6.03. The van der Waals surface area contributed by atoms with E-state index in [-0.39, 0.29) is 21.6 Å². The molecule has 0 radical (unpaired) electrons. The van der Waals surface area contributed by atoms with E-state index in [4.69, 9.17) is 46.4 Å². The van der Waals surface area contributed by atoms with Crippen molar-refractivity contribution in [2.24, 2.45) is 0 Å². The van der Waals surface area contributed by atoms with Gasteiger partial charge in [0, 0.05) is 56.1 Å². The standard InChI is InChI=1S/C34H20Cl4N2O2/c35-23-13-21(33(41)27(37)15-23)17-39-29-11-9-19-5-1-3-7-25(19)31(29)32-26-8-4-2-6-20(26)10-12-30(32)40-18-22-14-24(36)16-28(38)34(22)42/h1-18,39-40H/b21-17+,22-18+. The molecule has 2 aliphatic carbocycles. The van der Waals surface area contributed by atoms with Crippen LogP contribution in [0.2, 0.25) is 0 Å². The van der Waals surface area contributed by atoms with Crippen LogP contribution in [0.25, 0.3) is 32.7 Å². The normalized spacial score (nSPS) is 17.3. The summed E-state index contributed by atoms with van der Waals surface area (Å²) in [5, 5.41) is 11.5. The summed E-state index contributed by atoms with van der Waals surface area (Å²) in [6, 6.07) is 24.1. The van der Waals surface area contributed by atoms with Crippen LogP contribution in [0.5, 0.6) is 0 Å². The summed E-state index contributed by atoms with van der Waals surface area (Å²) in [5.41, 5.74) is 3.94. The van der Waals surface area contributed by atoms with Crippen molar-refractivity contribution in [3.8, 4) is 11.1 Å². The van der Waals surface area contributed by atoms with Gasteiger partial charge in [-0.1, -0.05) is 107 Å². The molecule has 0 heterocycles. The van der Waals surface area contributed by atoms with E-state index in [0.717, 1.165) is 44.0 Å². The van der Waals surface area contributed by atoms with Gasteiger partial charge >= 0.3 is 0 Å². The number of anilines is 2. The molecular weight excluding hydrogens is 610 g/mol. The Hall–Kier alpha value is -4.06. The summed E-state index contributed by atoms with van der Waals surface area (Å²) in [4.78, 5) is 25.4. The van der Waals surface area contributed by atoms with Crippen LogP contribution in [0.3, 0.4) is 0 Å². The molecule has 0 atom stereocenters. The van der Waals surface area contributed by atoms with Crippen molar-refractivity contribution in [2.45, 2.75) is 0 Å². The van der Waals surface area contributed by atoms with Crippen molar-refractivity contribution in [3.05, 3.63) is 141 Å². The van der Waals surface area contributed by atoms with Gasteiger partial charge in [-0.3, -0.25) is 9.59 Å².